The van der Waals surface area contributed by atoms with Crippen LogP contribution in [0.1, 0.15) is 30.9 Å². The Kier molecular flexibility index (Phi) is 7.86. The average Bonchev–Trinajstić information content (AvgIpc) is 3.22. The van der Waals surface area contributed by atoms with E-state index in [0.717, 1.165) is 19.6 Å². The van der Waals surface area contributed by atoms with Crippen LogP contribution in [-0.2, 0) is 6.54 Å². The van der Waals surface area contributed by atoms with Crippen molar-refractivity contribution >= 4 is 17.7 Å². The lowest BCUT2D eigenvalue weighted by Crippen LogP contribution is -2.43. The Hall–Kier alpha value is -2.89. The van der Waals surface area contributed by atoms with Gasteiger partial charge in [-0.1, -0.05) is 54.1 Å². The molecule has 0 aliphatic carbocycles. The fraction of sp³-hybridized carbons (Fsp3) is 0.321. The lowest BCUT2D eigenvalue weighted by atomic mass is 9.88. The number of nitrogens with zero attached hydrogens (tertiary/aromatic N) is 2. The molecule has 6 heteroatoms. The minimum absolute atomic E-state index is 0.0398. The van der Waals surface area contributed by atoms with Gasteiger partial charge in [-0.15, -0.1) is 0 Å². The minimum Gasteiger partial charge on any atom is -0.410 e. The van der Waals surface area contributed by atoms with E-state index in [1.165, 1.54) is 35.4 Å². The molecule has 34 heavy (non-hydrogen) atoms. The number of hydrogen-bond donors (Lipinski definition) is 0. The molecule has 1 amide bonds. The first-order chi connectivity index (χ1) is 16.4. The first-order valence-electron chi connectivity index (χ1n) is 11.6. The van der Waals surface area contributed by atoms with Crippen LogP contribution in [0.25, 0.3) is 0 Å². The molecule has 178 valence electrons. The van der Waals surface area contributed by atoms with Crippen LogP contribution in [0.15, 0.2) is 78.9 Å². The zero-order valence-corrected chi connectivity index (χ0v) is 20.3. The van der Waals surface area contributed by atoms with Crippen LogP contribution in [-0.4, -0.2) is 41.6 Å². The highest BCUT2D eigenvalue weighted by Gasteiger charge is 2.36. The molecule has 0 radical (unpaired) electrons. The zero-order chi connectivity index (χ0) is 24.1. The van der Waals surface area contributed by atoms with Crippen molar-refractivity contribution in [3.8, 4) is 5.75 Å². The molecule has 0 N–H and O–H groups in total. The largest absolute Gasteiger partial charge is 0.415 e. The van der Waals surface area contributed by atoms with Crippen molar-refractivity contribution < 1.29 is 13.9 Å². The maximum atomic E-state index is 13.2. The van der Waals surface area contributed by atoms with Crippen molar-refractivity contribution in [2.45, 2.75) is 32.4 Å². The van der Waals surface area contributed by atoms with Gasteiger partial charge in [-0.3, -0.25) is 4.90 Å². The second-order valence-corrected chi connectivity index (χ2v) is 9.60. The maximum absolute atomic E-state index is 13.2. The van der Waals surface area contributed by atoms with Gasteiger partial charge in [0.2, 0.25) is 0 Å². The molecule has 4 nitrogen and oxygen atoms in total. The molecular weight excluding hydrogens is 451 g/mol. The van der Waals surface area contributed by atoms with E-state index in [1.54, 1.807) is 4.90 Å². The van der Waals surface area contributed by atoms with Crippen molar-refractivity contribution in [3.63, 3.8) is 0 Å². The summed E-state index contributed by atoms with van der Waals surface area (Å²) in [5.41, 5.74) is 2.50. The zero-order valence-electron chi connectivity index (χ0n) is 19.5. The molecule has 0 spiro atoms. The van der Waals surface area contributed by atoms with Crippen molar-refractivity contribution in [2.75, 3.05) is 19.6 Å². The second-order valence-electron chi connectivity index (χ2n) is 9.17. The summed E-state index contributed by atoms with van der Waals surface area (Å²) < 4.78 is 18.8. The summed E-state index contributed by atoms with van der Waals surface area (Å²) in [6.45, 7) is 7.18. The third-order valence-electron chi connectivity index (χ3n) is 6.37. The van der Waals surface area contributed by atoms with E-state index < -0.39 is 6.09 Å². The van der Waals surface area contributed by atoms with Crippen LogP contribution in [0.3, 0.4) is 0 Å². The Bertz CT molecular complexity index is 1070. The number of carbonyl (C=O) groups excluding carboxylic acids is 1. The molecule has 1 unspecified atom stereocenters. The monoisotopic (exact) mass is 480 g/mol. The van der Waals surface area contributed by atoms with E-state index in [0.29, 0.717) is 17.3 Å². The number of benzene rings is 3. The topological polar surface area (TPSA) is 32.8 Å². The molecule has 2 atom stereocenters. The van der Waals surface area contributed by atoms with Crippen LogP contribution in [0, 0.1) is 11.7 Å². The third-order valence-corrected chi connectivity index (χ3v) is 6.62. The van der Waals surface area contributed by atoms with E-state index in [4.69, 9.17) is 16.3 Å². The van der Waals surface area contributed by atoms with Gasteiger partial charge >= 0.3 is 6.09 Å². The fourth-order valence-corrected chi connectivity index (χ4v) is 4.74. The van der Waals surface area contributed by atoms with Gasteiger partial charge in [-0.25, -0.2) is 9.18 Å². The molecule has 4 rings (SSSR count). The Morgan fingerprint density at radius 1 is 1.03 bits per heavy atom. The predicted octanol–water partition coefficient (Wildman–Crippen LogP) is 6.60. The number of halogens is 2. The van der Waals surface area contributed by atoms with Gasteiger partial charge in [-0.2, -0.15) is 0 Å². The summed E-state index contributed by atoms with van der Waals surface area (Å²) in [5.74, 6) is 0.466. The molecule has 1 heterocycles. The van der Waals surface area contributed by atoms with Crippen molar-refractivity contribution in [2.24, 2.45) is 5.92 Å². The molecule has 0 aromatic heterocycles. The van der Waals surface area contributed by atoms with E-state index in [9.17, 15) is 9.18 Å². The third kappa shape index (κ3) is 6.16. The first-order valence-corrected chi connectivity index (χ1v) is 12.0. The number of likely N-dealkylation sites (tertiary alicyclic amines) is 1. The highest BCUT2D eigenvalue weighted by atomic mass is 35.5. The summed E-state index contributed by atoms with van der Waals surface area (Å²) in [6, 6.07) is 23.9. The Labute approximate surface area is 205 Å². The van der Waals surface area contributed by atoms with E-state index in [-0.39, 0.29) is 23.7 Å². The van der Waals surface area contributed by atoms with Gasteiger partial charge in [-0.05, 0) is 67.3 Å². The number of carbonyl (C=O) groups is 1. The van der Waals surface area contributed by atoms with E-state index in [2.05, 4.69) is 41.3 Å². The van der Waals surface area contributed by atoms with Crippen LogP contribution >= 0.6 is 11.6 Å². The Balaban J connectivity index is 1.52. The molecule has 0 saturated carbocycles. The second kappa shape index (κ2) is 11.0. The van der Waals surface area contributed by atoms with Crippen LogP contribution in [0.4, 0.5) is 9.18 Å². The van der Waals surface area contributed by atoms with Crippen molar-refractivity contribution in [1.29, 1.82) is 0 Å². The van der Waals surface area contributed by atoms with Crippen LogP contribution in [0.2, 0.25) is 5.02 Å². The average molecular weight is 481 g/mol. The predicted molar refractivity (Wildman–Crippen MR) is 134 cm³/mol. The van der Waals surface area contributed by atoms with Gasteiger partial charge in [0.25, 0.3) is 0 Å². The molecule has 0 bridgehead atoms. The number of rotatable bonds is 7. The molecule has 1 saturated heterocycles. The highest BCUT2D eigenvalue weighted by Crippen LogP contribution is 2.35. The van der Waals surface area contributed by atoms with Gasteiger partial charge in [0.1, 0.15) is 11.6 Å². The number of amides is 1. The summed E-state index contributed by atoms with van der Waals surface area (Å²) in [6.07, 6.45) is -0.419. The molecule has 1 aliphatic rings. The van der Waals surface area contributed by atoms with Gasteiger partial charge in [0.15, 0.2) is 0 Å². The SMILES string of the molecule is CC(C)N(CC1CN(Cc2ccccc2)C[C@H]1c1ccc(Cl)cc1)C(=O)Oc1ccc(F)cc1. The first kappa shape index (κ1) is 24.2. The molecular formula is C28H30ClFN2O2. The summed E-state index contributed by atoms with van der Waals surface area (Å²) in [7, 11) is 0. The van der Waals surface area contributed by atoms with Gasteiger partial charge in [0.05, 0.1) is 0 Å². The quantitative estimate of drug-likeness (QED) is 0.381. The summed E-state index contributed by atoms with van der Waals surface area (Å²) >= 11 is 6.14. The maximum Gasteiger partial charge on any atom is 0.415 e. The fourth-order valence-electron chi connectivity index (χ4n) is 4.61. The summed E-state index contributed by atoms with van der Waals surface area (Å²) in [5, 5.41) is 0.714. The smallest absolute Gasteiger partial charge is 0.410 e. The highest BCUT2D eigenvalue weighted by molar-refractivity contribution is 6.30. The normalized spacial score (nSPS) is 18.3. The Morgan fingerprint density at radius 3 is 2.35 bits per heavy atom. The molecule has 1 aliphatic heterocycles. The minimum atomic E-state index is -0.419. The Morgan fingerprint density at radius 2 is 1.71 bits per heavy atom. The molecule has 3 aromatic rings. The van der Waals surface area contributed by atoms with Crippen molar-refractivity contribution in [3.05, 3.63) is 101 Å². The number of ether oxygens (including phenoxy) is 1. The molecule has 3 aromatic carbocycles. The van der Waals surface area contributed by atoms with Crippen LogP contribution < -0.4 is 4.74 Å². The van der Waals surface area contributed by atoms with Crippen molar-refractivity contribution in [1.82, 2.24) is 9.80 Å². The van der Waals surface area contributed by atoms with E-state index in [1.807, 2.05) is 32.0 Å². The standard InChI is InChI=1S/C28H30ClFN2O2/c1-20(2)32(28(33)34-26-14-12-25(30)13-15-26)18-23-17-31(16-21-6-4-3-5-7-21)19-27(23)22-8-10-24(29)11-9-22/h3-15,20,23,27H,16-19H2,1-2H3/t23?,27-/m0/s1. The van der Waals surface area contributed by atoms with Gasteiger partial charge in [0, 0.05) is 43.2 Å². The summed E-state index contributed by atoms with van der Waals surface area (Å²) in [4.78, 5) is 17.3. The van der Waals surface area contributed by atoms with E-state index >= 15 is 0 Å². The number of hydrogen-bond acceptors (Lipinski definition) is 3. The lowest BCUT2D eigenvalue weighted by Gasteiger charge is -2.30. The lowest BCUT2D eigenvalue weighted by molar-refractivity contribution is 0.127. The molecule has 1 fully saturated rings. The van der Waals surface area contributed by atoms with Crippen LogP contribution in [0.5, 0.6) is 5.75 Å². The van der Waals surface area contributed by atoms with Gasteiger partial charge < -0.3 is 9.64 Å².